The van der Waals surface area contributed by atoms with E-state index in [1.165, 1.54) is 0 Å². The molecule has 0 aromatic carbocycles. The van der Waals surface area contributed by atoms with Crippen molar-refractivity contribution in [3.05, 3.63) is 17.3 Å². The van der Waals surface area contributed by atoms with Gasteiger partial charge >= 0.3 is 0 Å². The third-order valence-corrected chi connectivity index (χ3v) is 1.80. The average molecular weight is 170 g/mol. The van der Waals surface area contributed by atoms with Crippen molar-refractivity contribution < 1.29 is 9.52 Å². The average Bonchev–Trinajstić information content (AvgIpc) is 2.33. The van der Waals surface area contributed by atoms with Gasteiger partial charge < -0.3 is 15.3 Å². The first-order valence-electron chi connectivity index (χ1n) is 3.95. The van der Waals surface area contributed by atoms with Crippen LogP contribution in [0.1, 0.15) is 29.8 Å². The zero-order valence-corrected chi connectivity index (χ0v) is 7.37. The quantitative estimate of drug-likeness (QED) is 0.699. The summed E-state index contributed by atoms with van der Waals surface area (Å²) < 4.78 is 5.28. The van der Waals surface area contributed by atoms with Crippen molar-refractivity contribution >= 4 is 0 Å². The molecule has 1 rings (SSSR count). The highest BCUT2D eigenvalue weighted by atomic mass is 16.4. The van der Waals surface area contributed by atoms with E-state index in [0.29, 0.717) is 12.3 Å². The Bertz CT molecular complexity index is 238. The lowest BCUT2D eigenvalue weighted by atomic mass is 10.2. The van der Waals surface area contributed by atoms with Crippen LogP contribution in [0.15, 0.2) is 4.42 Å². The molecule has 0 amide bonds. The molecule has 0 aliphatic heterocycles. The van der Waals surface area contributed by atoms with Crippen LogP contribution >= 0.6 is 0 Å². The Hall–Kier alpha value is -0.870. The standard InChI is InChI=1S/C8H14N2O2/c1-5-6(2)12-8(10-5)7(9)3-4-11/h7,11H,3-4,9H2,1-2H3. The number of rotatable bonds is 3. The fourth-order valence-electron chi connectivity index (χ4n) is 0.919. The van der Waals surface area contributed by atoms with E-state index in [0.717, 1.165) is 11.5 Å². The number of aromatic nitrogens is 1. The molecule has 1 heterocycles. The van der Waals surface area contributed by atoms with E-state index in [1.54, 1.807) is 0 Å². The second-order valence-corrected chi connectivity index (χ2v) is 2.81. The molecule has 4 heteroatoms. The molecule has 0 saturated carbocycles. The van der Waals surface area contributed by atoms with Gasteiger partial charge in [0.25, 0.3) is 0 Å². The predicted molar refractivity (Wildman–Crippen MR) is 44.6 cm³/mol. The Morgan fingerprint density at radius 2 is 2.25 bits per heavy atom. The lowest BCUT2D eigenvalue weighted by Gasteiger charge is -2.02. The normalized spacial score (nSPS) is 13.3. The van der Waals surface area contributed by atoms with Gasteiger partial charge in [-0.3, -0.25) is 0 Å². The van der Waals surface area contributed by atoms with Gasteiger partial charge in [-0.05, 0) is 20.3 Å². The van der Waals surface area contributed by atoms with Crippen LogP contribution in [0, 0.1) is 13.8 Å². The van der Waals surface area contributed by atoms with Crippen LogP contribution in [-0.4, -0.2) is 16.7 Å². The van der Waals surface area contributed by atoms with Crippen LogP contribution in [0.25, 0.3) is 0 Å². The highest BCUT2D eigenvalue weighted by Crippen LogP contribution is 2.16. The molecule has 3 N–H and O–H groups in total. The minimum atomic E-state index is -0.289. The lowest BCUT2D eigenvalue weighted by molar-refractivity contribution is 0.266. The second kappa shape index (κ2) is 3.69. The molecule has 1 atom stereocenters. The molecule has 0 bridgehead atoms. The number of aliphatic hydroxyl groups is 1. The van der Waals surface area contributed by atoms with Crippen molar-refractivity contribution in [2.24, 2.45) is 5.73 Å². The lowest BCUT2D eigenvalue weighted by Crippen LogP contribution is -2.12. The minimum Gasteiger partial charge on any atom is -0.444 e. The SMILES string of the molecule is Cc1nc(C(N)CCO)oc1C. The fraction of sp³-hybridized carbons (Fsp3) is 0.625. The Kier molecular flexibility index (Phi) is 2.83. The molecular formula is C8H14N2O2. The molecule has 1 aromatic rings. The molecule has 1 unspecified atom stereocenters. The van der Waals surface area contributed by atoms with Gasteiger partial charge in [-0.15, -0.1) is 0 Å². The van der Waals surface area contributed by atoms with E-state index in [2.05, 4.69) is 4.98 Å². The van der Waals surface area contributed by atoms with Gasteiger partial charge in [0.15, 0.2) is 0 Å². The van der Waals surface area contributed by atoms with Gasteiger partial charge in [-0.2, -0.15) is 0 Å². The first kappa shape index (κ1) is 9.22. The summed E-state index contributed by atoms with van der Waals surface area (Å²) in [6.07, 6.45) is 0.486. The molecule has 4 nitrogen and oxygen atoms in total. The van der Waals surface area contributed by atoms with E-state index in [4.69, 9.17) is 15.3 Å². The summed E-state index contributed by atoms with van der Waals surface area (Å²) in [5.41, 5.74) is 6.53. The zero-order chi connectivity index (χ0) is 9.14. The van der Waals surface area contributed by atoms with E-state index in [1.807, 2.05) is 13.8 Å². The Labute approximate surface area is 71.4 Å². The monoisotopic (exact) mass is 170 g/mol. The fourth-order valence-corrected chi connectivity index (χ4v) is 0.919. The molecule has 0 fully saturated rings. The maximum Gasteiger partial charge on any atom is 0.211 e. The minimum absolute atomic E-state index is 0.0572. The molecule has 0 radical (unpaired) electrons. The zero-order valence-electron chi connectivity index (χ0n) is 7.37. The second-order valence-electron chi connectivity index (χ2n) is 2.81. The van der Waals surface area contributed by atoms with E-state index >= 15 is 0 Å². The molecular weight excluding hydrogens is 156 g/mol. The number of oxazole rings is 1. The third-order valence-electron chi connectivity index (χ3n) is 1.80. The summed E-state index contributed by atoms with van der Waals surface area (Å²) in [5.74, 6) is 1.30. The maximum atomic E-state index is 8.62. The van der Waals surface area contributed by atoms with Crippen molar-refractivity contribution in [3.8, 4) is 0 Å². The summed E-state index contributed by atoms with van der Waals surface area (Å²) in [6.45, 7) is 3.77. The largest absolute Gasteiger partial charge is 0.444 e. The summed E-state index contributed by atoms with van der Waals surface area (Å²) in [6, 6.07) is -0.289. The van der Waals surface area contributed by atoms with Crippen LogP contribution in [0.2, 0.25) is 0 Å². The number of nitrogens with two attached hydrogens (primary N) is 1. The van der Waals surface area contributed by atoms with E-state index < -0.39 is 0 Å². The van der Waals surface area contributed by atoms with Crippen molar-refractivity contribution in [1.82, 2.24) is 4.98 Å². The molecule has 0 aliphatic rings. The Balaban J connectivity index is 2.74. The van der Waals surface area contributed by atoms with Crippen LogP contribution in [-0.2, 0) is 0 Å². The van der Waals surface area contributed by atoms with Gasteiger partial charge in [-0.25, -0.2) is 4.98 Å². The van der Waals surface area contributed by atoms with Crippen molar-refractivity contribution in [2.75, 3.05) is 6.61 Å². The Morgan fingerprint density at radius 1 is 1.58 bits per heavy atom. The summed E-state index contributed by atoms with van der Waals surface area (Å²) in [7, 11) is 0. The number of hydrogen-bond donors (Lipinski definition) is 2. The summed E-state index contributed by atoms with van der Waals surface area (Å²) in [5, 5.41) is 8.62. The molecule has 0 spiro atoms. The van der Waals surface area contributed by atoms with E-state index in [-0.39, 0.29) is 12.6 Å². The highest BCUT2D eigenvalue weighted by Gasteiger charge is 2.12. The first-order chi connectivity index (χ1) is 5.65. The third kappa shape index (κ3) is 1.84. The van der Waals surface area contributed by atoms with Gasteiger partial charge in [0.1, 0.15) is 5.76 Å². The van der Waals surface area contributed by atoms with E-state index in [9.17, 15) is 0 Å². The first-order valence-corrected chi connectivity index (χ1v) is 3.95. The Morgan fingerprint density at radius 3 is 2.67 bits per heavy atom. The van der Waals surface area contributed by atoms with Gasteiger partial charge in [-0.1, -0.05) is 0 Å². The predicted octanol–water partition coefficient (Wildman–Crippen LogP) is 0.674. The molecule has 0 aliphatic carbocycles. The van der Waals surface area contributed by atoms with Crippen LogP contribution in [0.4, 0.5) is 0 Å². The van der Waals surface area contributed by atoms with Crippen molar-refractivity contribution in [1.29, 1.82) is 0 Å². The van der Waals surface area contributed by atoms with Crippen molar-refractivity contribution in [2.45, 2.75) is 26.3 Å². The van der Waals surface area contributed by atoms with Crippen molar-refractivity contribution in [3.63, 3.8) is 0 Å². The number of aryl methyl sites for hydroxylation is 2. The van der Waals surface area contributed by atoms with Crippen LogP contribution < -0.4 is 5.73 Å². The van der Waals surface area contributed by atoms with Crippen LogP contribution in [0.3, 0.4) is 0 Å². The molecule has 12 heavy (non-hydrogen) atoms. The molecule has 68 valence electrons. The summed E-state index contributed by atoms with van der Waals surface area (Å²) in [4.78, 5) is 4.13. The smallest absolute Gasteiger partial charge is 0.211 e. The topological polar surface area (TPSA) is 72.3 Å². The van der Waals surface area contributed by atoms with Gasteiger partial charge in [0, 0.05) is 6.61 Å². The number of nitrogens with zero attached hydrogens (tertiary/aromatic N) is 1. The van der Waals surface area contributed by atoms with Gasteiger partial charge in [0.05, 0.1) is 11.7 Å². The number of aliphatic hydroxyl groups excluding tert-OH is 1. The molecule has 1 aromatic heterocycles. The van der Waals surface area contributed by atoms with Crippen LogP contribution in [0.5, 0.6) is 0 Å². The van der Waals surface area contributed by atoms with Gasteiger partial charge in [0.2, 0.25) is 5.89 Å². The summed E-state index contributed by atoms with van der Waals surface area (Å²) >= 11 is 0. The highest BCUT2D eigenvalue weighted by molar-refractivity contribution is 5.07. The number of hydrogen-bond acceptors (Lipinski definition) is 4. The molecule has 0 saturated heterocycles. The maximum absolute atomic E-state index is 8.62.